The molecule has 0 heterocycles. The van der Waals surface area contributed by atoms with Crippen molar-refractivity contribution in [2.24, 2.45) is 0 Å². The molecule has 0 bridgehead atoms. The van der Waals surface area contributed by atoms with Gasteiger partial charge in [-0.05, 0) is 80.9 Å². The fraction of sp³-hybridized carbons (Fsp3) is 0.100. The first-order valence-electron chi connectivity index (χ1n) is 16.0. The molecule has 0 atom stereocenters. The Balaban J connectivity index is 1.33. The van der Waals surface area contributed by atoms with Gasteiger partial charge >= 0.3 is 33.4 Å². The van der Waals surface area contributed by atoms with Crippen LogP contribution in [0.2, 0.25) is 0 Å². The van der Waals surface area contributed by atoms with Gasteiger partial charge in [0, 0.05) is 26.7 Å². The Morgan fingerprint density at radius 2 is 0.836 bits per heavy atom. The first-order valence-corrected chi connectivity index (χ1v) is 18.9. The van der Waals surface area contributed by atoms with Gasteiger partial charge in [-0.1, -0.05) is 127 Å². The van der Waals surface area contributed by atoms with E-state index in [2.05, 4.69) is 3.63 Å². The second-order valence-corrected chi connectivity index (χ2v) is 15.7. The zero-order chi connectivity index (χ0) is 39.6. The van der Waals surface area contributed by atoms with Gasteiger partial charge < -0.3 is 0 Å². The summed E-state index contributed by atoms with van der Waals surface area (Å²) in [4.78, 5) is 1.50. The highest BCUT2D eigenvalue weighted by Crippen LogP contribution is 2.55. The van der Waals surface area contributed by atoms with Gasteiger partial charge in [-0.25, -0.2) is 0 Å². The van der Waals surface area contributed by atoms with Crippen molar-refractivity contribution in [3.8, 4) is 44.5 Å². The molecule has 0 unspecified atom stereocenters. The van der Waals surface area contributed by atoms with Crippen molar-refractivity contribution >= 4 is 33.9 Å². The molecule has 6 aromatic rings. The van der Waals surface area contributed by atoms with E-state index in [1.54, 1.807) is 18.2 Å². The van der Waals surface area contributed by atoms with Crippen LogP contribution in [-0.2, 0) is 13.7 Å². The average Bonchev–Trinajstić information content (AvgIpc) is 3.17. The lowest BCUT2D eigenvalue weighted by Crippen LogP contribution is -2.63. The Hall–Kier alpha value is -4.70. The molecule has 0 aliphatic rings. The monoisotopic (exact) mass is 820 g/mol. The predicted octanol–water partition coefficient (Wildman–Crippen LogP) is 13.3. The van der Waals surface area contributed by atoms with E-state index in [1.165, 1.54) is 30.0 Å². The third-order valence-electron chi connectivity index (χ3n) is 8.31. The molecule has 55 heavy (non-hydrogen) atoms. The average molecular weight is 821 g/mol. The highest BCUT2D eigenvalue weighted by molar-refractivity contribution is 8.04. The number of benzene rings is 6. The Labute approximate surface area is 318 Å². The van der Waals surface area contributed by atoms with Gasteiger partial charge in [-0.3, -0.25) is 0 Å². The van der Waals surface area contributed by atoms with Crippen LogP contribution in [0, 0.1) is 0 Å². The molecule has 0 radical (unpaired) electrons. The van der Waals surface area contributed by atoms with Crippen LogP contribution in [0.1, 0.15) is 0 Å². The minimum Gasteiger partial charge on any atom is -0.192 e. The maximum absolute atomic E-state index is 14.4. The quantitative estimate of drug-likeness (QED) is 0.0909. The molecule has 0 saturated carbocycles. The summed E-state index contributed by atoms with van der Waals surface area (Å²) in [5, 5.41) is -6.99. The fourth-order valence-corrected chi connectivity index (χ4v) is 8.03. The van der Waals surface area contributed by atoms with Crippen LogP contribution in [-0.4, -0.2) is 31.7 Å². The lowest BCUT2D eigenvalue weighted by molar-refractivity contribution is -0.382. The summed E-state index contributed by atoms with van der Waals surface area (Å²) in [6, 6.07) is 45.3. The van der Waals surface area contributed by atoms with Gasteiger partial charge in [0.25, 0.3) is 0 Å². The third kappa shape index (κ3) is 8.02. The van der Waals surface area contributed by atoms with Gasteiger partial charge in [0.15, 0.2) is 0 Å². The Bertz CT molecular complexity index is 2370. The predicted molar refractivity (Wildman–Crippen MR) is 196 cm³/mol. The number of alkyl halides is 9. The van der Waals surface area contributed by atoms with Crippen molar-refractivity contribution in [1.29, 1.82) is 0 Å². The standard InChI is InChI=1S/C40H25F9O3S3/c41-37(42,39(45,46)47)38(43,44)40(48,49)55(50,51)52-54-32-23-24-35(34-14-8-7-13-33(34)28-11-5-2-6-12-28)36(25-32)29-17-21-31(22-18-29)53-30-19-15-27(16-20-30)26-9-3-1-4-10-26/h1-25H. The molecule has 284 valence electrons. The Morgan fingerprint density at radius 1 is 0.418 bits per heavy atom. The van der Waals surface area contributed by atoms with Crippen molar-refractivity contribution in [3.05, 3.63) is 152 Å². The number of rotatable bonds is 12. The van der Waals surface area contributed by atoms with Crippen molar-refractivity contribution in [2.45, 2.75) is 38.0 Å². The molecule has 3 nitrogen and oxygen atoms in total. The molecule has 0 aromatic heterocycles. The van der Waals surface area contributed by atoms with Gasteiger partial charge in [0.2, 0.25) is 0 Å². The maximum atomic E-state index is 14.4. The Kier molecular flexibility index (Phi) is 11.2. The zero-order valence-corrected chi connectivity index (χ0v) is 30.2. The first-order chi connectivity index (χ1) is 25.9. The normalized spacial score (nSPS) is 12.8. The van der Waals surface area contributed by atoms with Crippen LogP contribution in [0.25, 0.3) is 44.5 Å². The van der Waals surface area contributed by atoms with E-state index in [1.807, 2.05) is 115 Å². The van der Waals surface area contributed by atoms with Gasteiger partial charge in [0.1, 0.15) is 0 Å². The van der Waals surface area contributed by atoms with E-state index < -0.39 is 45.4 Å². The molecule has 0 saturated heterocycles. The summed E-state index contributed by atoms with van der Waals surface area (Å²) >= 11 is 1.04. The van der Waals surface area contributed by atoms with E-state index in [0.29, 0.717) is 22.3 Å². The van der Waals surface area contributed by atoms with Crippen molar-refractivity contribution in [2.75, 3.05) is 0 Å². The van der Waals surface area contributed by atoms with Crippen LogP contribution in [0.5, 0.6) is 0 Å². The summed E-state index contributed by atoms with van der Waals surface area (Å²) < 4.78 is 150. The minimum absolute atomic E-state index is 0.279. The SMILES string of the molecule is O=S(=O)(OSc1ccc(-c2ccccc2-c2ccccc2)c(-c2ccc(Sc3ccc(-c4ccccc4)cc3)cc2)c1)C(F)(F)C(F)(F)C(F)(F)C(F)(F)F. The topological polar surface area (TPSA) is 43.4 Å². The third-order valence-corrected chi connectivity index (χ3v) is 11.6. The largest absolute Gasteiger partial charge is 0.460 e. The molecule has 0 aliphatic carbocycles. The molecule has 0 fully saturated rings. The van der Waals surface area contributed by atoms with E-state index in [0.717, 1.165) is 32.0 Å². The summed E-state index contributed by atoms with van der Waals surface area (Å²) in [6.07, 6.45) is -7.20. The summed E-state index contributed by atoms with van der Waals surface area (Å²) in [6.45, 7) is 0. The lowest BCUT2D eigenvalue weighted by atomic mass is 9.89. The van der Waals surface area contributed by atoms with Crippen LogP contribution in [0.3, 0.4) is 0 Å². The van der Waals surface area contributed by atoms with Crippen LogP contribution in [0.4, 0.5) is 39.5 Å². The molecule has 0 spiro atoms. The Morgan fingerprint density at radius 3 is 1.38 bits per heavy atom. The highest BCUT2D eigenvalue weighted by Gasteiger charge is 2.86. The lowest BCUT2D eigenvalue weighted by Gasteiger charge is -2.32. The smallest absolute Gasteiger partial charge is 0.192 e. The van der Waals surface area contributed by atoms with E-state index >= 15 is 0 Å². The molecular weight excluding hydrogens is 796 g/mol. The molecule has 0 aliphatic heterocycles. The van der Waals surface area contributed by atoms with E-state index in [4.69, 9.17) is 0 Å². The van der Waals surface area contributed by atoms with Gasteiger partial charge in [-0.2, -0.15) is 51.6 Å². The molecule has 0 amide bonds. The number of halogens is 9. The van der Waals surface area contributed by atoms with Crippen LogP contribution >= 0.6 is 23.8 Å². The van der Waals surface area contributed by atoms with Crippen molar-refractivity contribution in [3.63, 3.8) is 0 Å². The summed E-state index contributed by atoms with van der Waals surface area (Å²) in [5.74, 6) is -14.8. The van der Waals surface area contributed by atoms with E-state index in [9.17, 15) is 47.9 Å². The molecular formula is C40H25F9O3S3. The second kappa shape index (κ2) is 15.4. The van der Waals surface area contributed by atoms with Crippen LogP contribution in [0.15, 0.2) is 166 Å². The molecule has 15 heteroatoms. The highest BCUT2D eigenvalue weighted by atomic mass is 32.3. The van der Waals surface area contributed by atoms with Gasteiger partial charge in [-0.15, -0.1) is 0 Å². The molecule has 0 N–H and O–H groups in total. The van der Waals surface area contributed by atoms with Crippen molar-refractivity contribution < 1.29 is 51.6 Å². The fourth-order valence-electron chi connectivity index (χ4n) is 5.47. The summed E-state index contributed by atoms with van der Waals surface area (Å²) in [5.41, 5.74) is 5.88. The zero-order valence-electron chi connectivity index (χ0n) is 27.8. The van der Waals surface area contributed by atoms with E-state index in [-0.39, 0.29) is 4.90 Å². The van der Waals surface area contributed by atoms with Crippen molar-refractivity contribution in [1.82, 2.24) is 0 Å². The summed E-state index contributed by atoms with van der Waals surface area (Å²) in [7, 11) is -7.10. The number of hydrogen-bond acceptors (Lipinski definition) is 5. The van der Waals surface area contributed by atoms with Gasteiger partial charge in [0.05, 0.1) is 0 Å². The minimum atomic E-state index is -7.42. The van der Waals surface area contributed by atoms with Crippen LogP contribution < -0.4 is 0 Å². The second-order valence-electron chi connectivity index (χ2n) is 11.9. The first kappa shape index (κ1) is 40.0. The maximum Gasteiger partial charge on any atom is 0.460 e. The number of hydrogen-bond donors (Lipinski definition) is 0. The molecule has 6 aromatic carbocycles. The molecule has 6 rings (SSSR count).